The van der Waals surface area contributed by atoms with E-state index >= 15 is 0 Å². The highest BCUT2D eigenvalue weighted by atomic mass is 35.5. The second kappa shape index (κ2) is 9.06. The molecule has 0 unspecified atom stereocenters. The average Bonchev–Trinajstić information content (AvgIpc) is 3.04. The minimum atomic E-state index is -0.550. The van der Waals surface area contributed by atoms with Crippen molar-refractivity contribution < 1.29 is 18.8 Å². The van der Waals surface area contributed by atoms with Crippen molar-refractivity contribution in [2.24, 2.45) is 0 Å². The fourth-order valence-corrected chi connectivity index (χ4v) is 4.28. The molecule has 162 valence electrons. The number of hydrogen-bond acceptors (Lipinski definition) is 3. The topological polar surface area (TPSA) is 60.9 Å². The Balaban J connectivity index is 1.51. The van der Waals surface area contributed by atoms with Crippen LogP contribution in [-0.4, -0.2) is 60.2 Å². The highest BCUT2D eigenvalue weighted by molar-refractivity contribution is 6.31. The van der Waals surface area contributed by atoms with Crippen LogP contribution in [0.3, 0.4) is 0 Å². The molecule has 0 N–H and O–H groups in total. The second-order valence-electron chi connectivity index (χ2n) is 7.73. The summed E-state index contributed by atoms with van der Waals surface area (Å²) in [6, 6.07) is 10.9. The molecule has 8 heteroatoms. The Bertz CT molecular complexity index is 1030. The molecule has 6 nitrogen and oxygen atoms in total. The van der Waals surface area contributed by atoms with Crippen molar-refractivity contribution in [3.05, 3.63) is 64.4 Å². The van der Waals surface area contributed by atoms with Crippen molar-refractivity contribution in [1.29, 1.82) is 0 Å². The first-order valence-electron chi connectivity index (χ1n) is 10.4. The average molecular weight is 444 g/mol. The first kappa shape index (κ1) is 21.3. The molecule has 0 spiro atoms. The van der Waals surface area contributed by atoms with E-state index in [9.17, 15) is 18.8 Å². The Morgan fingerprint density at radius 1 is 0.839 bits per heavy atom. The van der Waals surface area contributed by atoms with Gasteiger partial charge in [-0.2, -0.15) is 0 Å². The van der Waals surface area contributed by atoms with Crippen LogP contribution in [0, 0.1) is 5.82 Å². The first-order chi connectivity index (χ1) is 15.0. The number of rotatable bonds is 3. The van der Waals surface area contributed by atoms with Gasteiger partial charge in [0, 0.05) is 44.2 Å². The zero-order chi connectivity index (χ0) is 22.0. The van der Waals surface area contributed by atoms with E-state index in [1.165, 1.54) is 12.1 Å². The maximum Gasteiger partial charge on any atom is 0.256 e. The maximum absolute atomic E-state index is 14.0. The van der Waals surface area contributed by atoms with Gasteiger partial charge in [0.1, 0.15) is 5.82 Å². The number of anilines is 1. The summed E-state index contributed by atoms with van der Waals surface area (Å²) >= 11 is 6.15. The summed E-state index contributed by atoms with van der Waals surface area (Å²) in [5.74, 6) is -1.14. The highest BCUT2D eigenvalue weighted by Gasteiger charge is 2.30. The Hall–Kier alpha value is -2.93. The molecule has 0 aliphatic carbocycles. The lowest BCUT2D eigenvalue weighted by Crippen LogP contribution is -2.38. The maximum atomic E-state index is 14.0. The Morgan fingerprint density at radius 3 is 2.16 bits per heavy atom. The minimum Gasteiger partial charge on any atom is -0.337 e. The smallest absolute Gasteiger partial charge is 0.256 e. The van der Waals surface area contributed by atoms with Crippen LogP contribution < -0.4 is 4.90 Å². The summed E-state index contributed by atoms with van der Waals surface area (Å²) in [5.41, 5.74) is 0.992. The summed E-state index contributed by atoms with van der Waals surface area (Å²) in [4.78, 5) is 43.2. The van der Waals surface area contributed by atoms with Crippen LogP contribution in [0.1, 0.15) is 40.0 Å². The van der Waals surface area contributed by atoms with Gasteiger partial charge >= 0.3 is 0 Å². The predicted octanol–water partition coefficient (Wildman–Crippen LogP) is 3.59. The molecule has 31 heavy (non-hydrogen) atoms. The van der Waals surface area contributed by atoms with Crippen LogP contribution in [0.4, 0.5) is 10.1 Å². The normalized spacial score (nSPS) is 17.1. The van der Waals surface area contributed by atoms with Crippen LogP contribution in [0.5, 0.6) is 0 Å². The fraction of sp³-hybridized carbons (Fsp3) is 0.348. The Labute approximate surface area is 185 Å². The minimum absolute atomic E-state index is 0.0196. The third-order valence-electron chi connectivity index (χ3n) is 5.73. The molecule has 2 fully saturated rings. The number of hydrogen-bond donors (Lipinski definition) is 0. The first-order valence-corrected chi connectivity index (χ1v) is 10.8. The van der Waals surface area contributed by atoms with E-state index in [1.54, 1.807) is 45.0 Å². The molecule has 3 amide bonds. The predicted molar refractivity (Wildman–Crippen MR) is 116 cm³/mol. The zero-order valence-corrected chi connectivity index (χ0v) is 17.8. The Morgan fingerprint density at radius 2 is 1.52 bits per heavy atom. The third kappa shape index (κ3) is 4.42. The van der Waals surface area contributed by atoms with E-state index in [0.29, 0.717) is 61.8 Å². The molecule has 4 rings (SSSR count). The molecule has 2 aromatic carbocycles. The van der Waals surface area contributed by atoms with Gasteiger partial charge in [0.2, 0.25) is 5.91 Å². The van der Waals surface area contributed by atoms with E-state index in [4.69, 9.17) is 11.6 Å². The third-order valence-corrected chi connectivity index (χ3v) is 5.96. The molecule has 2 aromatic rings. The molecule has 0 radical (unpaired) electrons. The number of carbonyl (C=O) groups excluding carboxylic acids is 3. The van der Waals surface area contributed by atoms with Crippen LogP contribution in [0.15, 0.2) is 42.5 Å². The molecule has 0 bridgehead atoms. The molecular weight excluding hydrogens is 421 g/mol. The number of nitrogens with zero attached hydrogens (tertiary/aromatic N) is 3. The van der Waals surface area contributed by atoms with Crippen LogP contribution in [0.2, 0.25) is 5.02 Å². The highest BCUT2D eigenvalue weighted by Crippen LogP contribution is 2.30. The van der Waals surface area contributed by atoms with Gasteiger partial charge in [-0.25, -0.2) is 4.39 Å². The van der Waals surface area contributed by atoms with Crippen molar-refractivity contribution in [3.8, 4) is 0 Å². The van der Waals surface area contributed by atoms with Gasteiger partial charge < -0.3 is 14.7 Å². The van der Waals surface area contributed by atoms with E-state index in [1.807, 2.05) is 0 Å². The quantitative estimate of drug-likeness (QED) is 0.728. The van der Waals surface area contributed by atoms with Crippen molar-refractivity contribution in [2.45, 2.75) is 19.3 Å². The summed E-state index contributed by atoms with van der Waals surface area (Å²) < 4.78 is 14.0. The lowest BCUT2D eigenvalue weighted by Gasteiger charge is -2.25. The van der Waals surface area contributed by atoms with Gasteiger partial charge in [0.25, 0.3) is 11.8 Å². The summed E-state index contributed by atoms with van der Waals surface area (Å²) in [6.07, 6.45) is 1.78. The lowest BCUT2D eigenvalue weighted by molar-refractivity contribution is -0.117. The van der Waals surface area contributed by atoms with Gasteiger partial charge in [0.15, 0.2) is 0 Å². The standard InChI is InChI=1S/C23H23ClFN3O3/c24-16-8-9-18(20(15-16)28-12-3-7-21(28)29)23(31)27-11-4-10-26(13-14-27)22(30)17-5-1-2-6-19(17)25/h1-2,5-6,8-9,15H,3-4,7,10-14H2. The molecule has 0 aromatic heterocycles. The second-order valence-corrected chi connectivity index (χ2v) is 8.16. The van der Waals surface area contributed by atoms with Gasteiger partial charge in [-0.05, 0) is 43.2 Å². The van der Waals surface area contributed by atoms with Gasteiger partial charge in [-0.3, -0.25) is 14.4 Å². The van der Waals surface area contributed by atoms with E-state index < -0.39 is 5.82 Å². The van der Waals surface area contributed by atoms with Crippen molar-refractivity contribution >= 4 is 35.0 Å². The number of halogens is 2. The largest absolute Gasteiger partial charge is 0.337 e. The molecule has 0 atom stereocenters. The van der Waals surface area contributed by atoms with E-state index in [-0.39, 0.29) is 23.3 Å². The van der Waals surface area contributed by atoms with Crippen molar-refractivity contribution in [1.82, 2.24) is 9.80 Å². The van der Waals surface area contributed by atoms with Crippen molar-refractivity contribution in [2.75, 3.05) is 37.6 Å². The summed E-state index contributed by atoms with van der Waals surface area (Å²) in [6.45, 7) is 2.11. The van der Waals surface area contributed by atoms with Gasteiger partial charge in [-0.1, -0.05) is 23.7 Å². The molecule has 2 saturated heterocycles. The zero-order valence-electron chi connectivity index (χ0n) is 17.0. The van der Waals surface area contributed by atoms with Gasteiger partial charge in [0.05, 0.1) is 16.8 Å². The summed E-state index contributed by atoms with van der Waals surface area (Å²) in [5, 5.41) is 0.462. The van der Waals surface area contributed by atoms with Crippen LogP contribution >= 0.6 is 11.6 Å². The molecule has 2 heterocycles. The van der Waals surface area contributed by atoms with E-state index in [2.05, 4.69) is 0 Å². The van der Waals surface area contributed by atoms with Crippen LogP contribution in [0.25, 0.3) is 0 Å². The number of carbonyl (C=O) groups is 3. The van der Waals surface area contributed by atoms with E-state index in [0.717, 1.165) is 6.42 Å². The van der Waals surface area contributed by atoms with Gasteiger partial charge in [-0.15, -0.1) is 0 Å². The summed E-state index contributed by atoms with van der Waals surface area (Å²) in [7, 11) is 0. The lowest BCUT2D eigenvalue weighted by atomic mass is 10.1. The van der Waals surface area contributed by atoms with Crippen molar-refractivity contribution in [3.63, 3.8) is 0 Å². The number of benzene rings is 2. The molecule has 2 aliphatic heterocycles. The number of amides is 3. The monoisotopic (exact) mass is 443 g/mol. The van der Waals surface area contributed by atoms with Crippen LogP contribution in [-0.2, 0) is 4.79 Å². The molecular formula is C23H23ClFN3O3. The molecule has 0 saturated carbocycles. The fourth-order valence-electron chi connectivity index (χ4n) is 4.11. The molecule has 2 aliphatic rings. The SMILES string of the molecule is O=C(c1ccccc1F)N1CCCN(C(=O)c2ccc(Cl)cc2N2CCCC2=O)CC1. The Kier molecular flexibility index (Phi) is 6.23.